The molecule has 1 aromatic carbocycles. The Labute approximate surface area is 137 Å². The van der Waals surface area contributed by atoms with Gasteiger partial charge in [0.15, 0.2) is 0 Å². The molecule has 1 aromatic rings. The van der Waals surface area contributed by atoms with Gasteiger partial charge in [0, 0.05) is 0 Å². The molecule has 2 saturated carbocycles. The van der Waals surface area contributed by atoms with E-state index in [1.165, 1.54) is 11.1 Å². The monoisotopic (exact) mass is 318 g/mol. The van der Waals surface area contributed by atoms with Gasteiger partial charge in [-0.25, -0.2) is 0 Å². The second-order valence-corrected chi connectivity index (χ2v) is 8.26. The normalized spacial score (nSPS) is 42.0. The predicted molar refractivity (Wildman–Crippen MR) is 88.2 cm³/mol. The van der Waals surface area contributed by atoms with Gasteiger partial charge < -0.3 is 10.2 Å². The van der Waals surface area contributed by atoms with Crippen molar-refractivity contribution in [2.75, 3.05) is 6.67 Å². The van der Waals surface area contributed by atoms with Crippen LogP contribution in [0.4, 0.5) is 4.39 Å². The molecule has 4 rings (SSSR count). The molecule has 0 heterocycles. The predicted octanol–water partition coefficient (Wildman–Crippen LogP) is 4.19. The Morgan fingerprint density at radius 2 is 2.09 bits per heavy atom. The number of phenols is 1. The van der Waals surface area contributed by atoms with E-state index in [0.29, 0.717) is 35.8 Å². The number of halogens is 1. The van der Waals surface area contributed by atoms with Crippen LogP contribution in [0.25, 0.3) is 0 Å². The van der Waals surface area contributed by atoms with Gasteiger partial charge in [0.1, 0.15) is 5.75 Å². The number of fused-ring (bicyclic) bond motifs is 5. The molecule has 126 valence electrons. The highest BCUT2D eigenvalue weighted by Crippen LogP contribution is 2.63. The molecule has 2 N–H and O–H groups in total. The lowest BCUT2D eigenvalue weighted by molar-refractivity contribution is -0.0506. The highest BCUT2D eigenvalue weighted by molar-refractivity contribution is 5.40. The number of benzene rings is 1. The van der Waals surface area contributed by atoms with Crippen LogP contribution in [-0.4, -0.2) is 23.0 Å². The average Bonchev–Trinajstić information content (AvgIpc) is 2.82. The van der Waals surface area contributed by atoms with Gasteiger partial charge in [-0.3, -0.25) is 4.39 Å². The highest BCUT2D eigenvalue weighted by atomic mass is 19.1. The molecule has 23 heavy (non-hydrogen) atoms. The van der Waals surface area contributed by atoms with Crippen molar-refractivity contribution in [1.29, 1.82) is 0 Å². The Hall–Kier alpha value is -1.09. The number of aromatic hydroxyl groups is 1. The summed E-state index contributed by atoms with van der Waals surface area (Å²) in [6.07, 6.45) is 5.41. The van der Waals surface area contributed by atoms with Gasteiger partial charge in [0.25, 0.3) is 0 Å². The maximum atomic E-state index is 13.2. The first-order chi connectivity index (χ1) is 11.0. The second-order valence-electron chi connectivity index (χ2n) is 8.26. The van der Waals surface area contributed by atoms with Crippen LogP contribution in [0.15, 0.2) is 18.2 Å². The molecule has 3 aliphatic carbocycles. The minimum absolute atomic E-state index is 0.0323. The fourth-order valence-electron chi connectivity index (χ4n) is 6.27. The van der Waals surface area contributed by atoms with Crippen LogP contribution in [0.2, 0.25) is 0 Å². The molecule has 2 unspecified atom stereocenters. The van der Waals surface area contributed by atoms with Crippen molar-refractivity contribution < 1.29 is 14.6 Å². The lowest BCUT2D eigenvalue weighted by Crippen LogP contribution is -2.48. The van der Waals surface area contributed by atoms with Crippen molar-refractivity contribution in [1.82, 2.24) is 0 Å². The van der Waals surface area contributed by atoms with Crippen molar-refractivity contribution in [3.63, 3.8) is 0 Å². The highest BCUT2D eigenvalue weighted by Gasteiger charge is 2.57. The minimum Gasteiger partial charge on any atom is -0.508 e. The summed E-state index contributed by atoms with van der Waals surface area (Å²) < 4.78 is 13.2. The van der Waals surface area contributed by atoms with E-state index >= 15 is 0 Å². The number of alkyl halides is 1. The Kier molecular flexibility index (Phi) is 3.67. The van der Waals surface area contributed by atoms with Crippen LogP contribution < -0.4 is 0 Å². The van der Waals surface area contributed by atoms with Crippen molar-refractivity contribution >= 4 is 0 Å². The van der Waals surface area contributed by atoms with Gasteiger partial charge in [0.05, 0.1) is 12.8 Å². The maximum absolute atomic E-state index is 13.2. The molecule has 2 fully saturated rings. The van der Waals surface area contributed by atoms with E-state index in [1.807, 2.05) is 6.07 Å². The van der Waals surface area contributed by atoms with Crippen molar-refractivity contribution in [3.8, 4) is 5.75 Å². The number of aryl methyl sites for hydroxylation is 1. The van der Waals surface area contributed by atoms with E-state index in [9.17, 15) is 14.6 Å². The number of hydrogen-bond acceptors (Lipinski definition) is 2. The van der Waals surface area contributed by atoms with E-state index in [-0.39, 0.29) is 18.2 Å². The zero-order valence-electron chi connectivity index (χ0n) is 13.8. The SMILES string of the molecule is C[C@]12CC(CCF)[C@@H]3c4ccc(O)cc4CC[C@H]3[C@@H]1CCC2O. The molecule has 0 spiro atoms. The summed E-state index contributed by atoms with van der Waals surface area (Å²) in [4.78, 5) is 0. The van der Waals surface area contributed by atoms with Gasteiger partial charge in [-0.1, -0.05) is 13.0 Å². The summed E-state index contributed by atoms with van der Waals surface area (Å²) in [5, 5.41) is 20.4. The molecule has 2 nitrogen and oxygen atoms in total. The molecule has 0 amide bonds. The number of aliphatic hydroxyl groups excluding tert-OH is 1. The largest absolute Gasteiger partial charge is 0.508 e. The summed E-state index contributed by atoms with van der Waals surface area (Å²) in [6.45, 7) is 1.96. The Balaban J connectivity index is 1.77. The first kappa shape index (κ1) is 15.4. The first-order valence-electron chi connectivity index (χ1n) is 9.10. The Bertz CT molecular complexity index is 601. The third kappa shape index (κ3) is 2.23. The summed E-state index contributed by atoms with van der Waals surface area (Å²) in [5.41, 5.74) is 2.55. The molecular formula is C20H27FO2. The zero-order chi connectivity index (χ0) is 16.2. The molecule has 3 aliphatic rings. The fraction of sp³-hybridized carbons (Fsp3) is 0.700. The van der Waals surface area contributed by atoms with E-state index in [4.69, 9.17) is 0 Å². The van der Waals surface area contributed by atoms with Gasteiger partial charge in [-0.05, 0) is 90.9 Å². The summed E-state index contributed by atoms with van der Waals surface area (Å²) >= 11 is 0. The lowest BCUT2D eigenvalue weighted by Gasteiger charge is -2.53. The van der Waals surface area contributed by atoms with E-state index in [0.717, 1.165) is 32.1 Å². The van der Waals surface area contributed by atoms with Crippen LogP contribution >= 0.6 is 0 Å². The number of phenolic OH excluding ortho intramolecular Hbond substituents is 1. The summed E-state index contributed by atoms with van der Waals surface area (Å²) in [5.74, 6) is 2.15. The van der Waals surface area contributed by atoms with Gasteiger partial charge in [-0.15, -0.1) is 0 Å². The van der Waals surface area contributed by atoms with Gasteiger partial charge in [0.2, 0.25) is 0 Å². The Morgan fingerprint density at radius 1 is 1.26 bits per heavy atom. The molecular weight excluding hydrogens is 291 g/mol. The Morgan fingerprint density at radius 3 is 2.87 bits per heavy atom. The third-order valence-electron chi connectivity index (χ3n) is 7.26. The van der Waals surface area contributed by atoms with Gasteiger partial charge >= 0.3 is 0 Å². The molecule has 0 radical (unpaired) electrons. The number of hydrogen-bond donors (Lipinski definition) is 2. The minimum atomic E-state index is -0.280. The van der Waals surface area contributed by atoms with Crippen LogP contribution in [-0.2, 0) is 6.42 Å². The van der Waals surface area contributed by atoms with E-state index in [1.54, 1.807) is 6.07 Å². The molecule has 0 saturated heterocycles. The van der Waals surface area contributed by atoms with Crippen LogP contribution in [0.1, 0.15) is 56.1 Å². The van der Waals surface area contributed by atoms with Crippen LogP contribution in [0.3, 0.4) is 0 Å². The fourth-order valence-corrected chi connectivity index (χ4v) is 6.27. The molecule has 0 bridgehead atoms. The molecule has 3 heteroatoms. The van der Waals surface area contributed by atoms with E-state index < -0.39 is 0 Å². The van der Waals surface area contributed by atoms with Crippen molar-refractivity contribution in [3.05, 3.63) is 29.3 Å². The molecule has 6 atom stereocenters. The van der Waals surface area contributed by atoms with Crippen LogP contribution in [0, 0.1) is 23.2 Å². The average molecular weight is 318 g/mol. The van der Waals surface area contributed by atoms with Crippen molar-refractivity contribution in [2.45, 2.75) is 57.5 Å². The smallest absolute Gasteiger partial charge is 0.115 e. The second kappa shape index (κ2) is 5.47. The van der Waals surface area contributed by atoms with Gasteiger partial charge in [-0.2, -0.15) is 0 Å². The van der Waals surface area contributed by atoms with Crippen molar-refractivity contribution in [2.24, 2.45) is 23.2 Å². The first-order valence-corrected chi connectivity index (χ1v) is 9.10. The number of aliphatic hydroxyl groups is 1. The lowest BCUT2D eigenvalue weighted by atomic mass is 9.51. The molecule has 0 aliphatic heterocycles. The zero-order valence-corrected chi connectivity index (χ0v) is 13.8. The van der Waals surface area contributed by atoms with E-state index in [2.05, 4.69) is 13.0 Å². The van der Waals surface area contributed by atoms with Crippen LogP contribution in [0.5, 0.6) is 5.75 Å². The topological polar surface area (TPSA) is 40.5 Å². The summed E-state index contributed by atoms with van der Waals surface area (Å²) in [6, 6.07) is 5.75. The quantitative estimate of drug-likeness (QED) is 0.858. The number of rotatable bonds is 2. The standard InChI is InChI=1S/C20H27FO2/c1-20-11-13(8-9-21)19-15-5-3-14(22)10-12(15)2-4-16(19)17(20)6-7-18(20)23/h3,5,10,13,16-19,22-23H,2,4,6-9,11H2,1H3/t13?,16-,17-,18?,19+,20-/m0/s1. The molecule has 0 aromatic heterocycles. The third-order valence-corrected chi connectivity index (χ3v) is 7.26. The summed E-state index contributed by atoms with van der Waals surface area (Å²) in [7, 11) is 0. The maximum Gasteiger partial charge on any atom is 0.115 e.